The fourth-order valence-corrected chi connectivity index (χ4v) is 2.66. The van der Waals surface area contributed by atoms with Gasteiger partial charge in [-0.2, -0.15) is 0 Å². The van der Waals surface area contributed by atoms with Crippen molar-refractivity contribution in [2.75, 3.05) is 34.5 Å². The number of hydrogen-bond donors (Lipinski definition) is 1. The van der Waals surface area contributed by atoms with Crippen molar-refractivity contribution >= 4 is 18.0 Å². The second-order valence-corrected chi connectivity index (χ2v) is 5.36. The third-order valence-electron chi connectivity index (χ3n) is 3.97. The average Bonchev–Trinajstić information content (AvgIpc) is 2.84. The zero-order valence-corrected chi connectivity index (χ0v) is 14.7. The van der Waals surface area contributed by atoms with Crippen molar-refractivity contribution < 1.29 is 28.9 Å². The van der Waals surface area contributed by atoms with Crippen molar-refractivity contribution in [1.29, 1.82) is 0 Å². The average molecular weight is 347 g/mol. The normalized spacial score (nSPS) is 15.9. The van der Waals surface area contributed by atoms with E-state index in [0.717, 1.165) is 0 Å². The number of carbonyl (C=O) groups is 2. The monoisotopic (exact) mass is 347 g/mol. The number of allylic oxidation sites excluding steroid dienone is 1. The minimum atomic E-state index is -0.612. The van der Waals surface area contributed by atoms with Crippen LogP contribution in [0.1, 0.15) is 12.5 Å². The van der Waals surface area contributed by atoms with E-state index in [-0.39, 0.29) is 28.6 Å². The van der Waals surface area contributed by atoms with Crippen molar-refractivity contribution in [3.8, 4) is 11.5 Å². The molecule has 1 aliphatic rings. The molecule has 0 saturated heterocycles. The van der Waals surface area contributed by atoms with Crippen LogP contribution in [0.2, 0.25) is 0 Å². The molecule has 134 valence electrons. The molecule has 0 bridgehead atoms. The molecular formula is C18H21NO6. The third kappa shape index (κ3) is 3.51. The summed E-state index contributed by atoms with van der Waals surface area (Å²) in [5, 5.41) is 10.2. The molecule has 1 aliphatic heterocycles. The lowest BCUT2D eigenvalue weighted by molar-refractivity contribution is -0.136. The summed E-state index contributed by atoms with van der Waals surface area (Å²) in [6, 6.07) is 4.91. The molecule has 0 saturated carbocycles. The van der Waals surface area contributed by atoms with Crippen LogP contribution in [-0.4, -0.2) is 56.4 Å². The first-order chi connectivity index (χ1) is 12.0. The molecule has 0 spiro atoms. The highest BCUT2D eigenvalue weighted by Crippen LogP contribution is 2.35. The summed E-state index contributed by atoms with van der Waals surface area (Å²) in [7, 11) is 4.22. The van der Waals surface area contributed by atoms with Crippen LogP contribution in [0, 0.1) is 0 Å². The molecule has 1 aromatic rings. The molecule has 1 N–H and O–H groups in total. The van der Waals surface area contributed by atoms with Crippen molar-refractivity contribution in [3.63, 3.8) is 0 Å². The van der Waals surface area contributed by atoms with Gasteiger partial charge in [0.15, 0.2) is 11.5 Å². The van der Waals surface area contributed by atoms with Gasteiger partial charge in [-0.1, -0.05) is 12.1 Å². The lowest BCUT2D eigenvalue weighted by atomic mass is 10.0. The van der Waals surface area contributed by atoms with Crippen LogP contribution < -0.4 is 4.74 Å². The molecule has 7 heteroatoms. The highest BCUT2D eigenvalue weighted by Gasteiger charge is 2.36. The van der Waals surface area contributed by atoms with Gasteiger partial charge in [0.05, 0.1) is 32.0 Å². The SMILES string of the molecule is COCCN1C(=O)/C(=C/c2cccc(OC)c2O)C(C(=O)OC)=C1C. The van der Waals surface area contributed by atoms with Gasteiger partial charge in [-0.25, -0.2) is 4.79 Å². The van der Waals surface area contributed by atoms with Gasteiger partial charge in [0, 0.05) is 24.9 Å². The number of phenolic OH excluding ortho intramolecular Hbond substituents is 1. The summed E-state index contributed by atoms with van der Waals surface area (Å²) < 4.78 is 14.9. The van der Waals surface area contributed by atoms with Crippen LogP contribution in [0.3, 0.4) is 0 Å². The number of aromatic hydroxyl groups is 1. The summed E-state index contributed by atoms with van der Waals surface area (Å²) >= 11 is 0. The largest absolute Gasteiger partial charge is 0.504 e. The second-order valence-electron chi connectivity index (χ2n) is 5.36. The molecule has 1 amide bonds. The molecule has 0 atom stereocenters. The van der Waals surface area contributed by atoms with Crippen molar-refractivity contribution in [2.45, 2.75) is 6.92 Å². The maximum atomic E-state index is 12.8. The van der Waals surface area contributed by atoms with Crippen LogP contribution in [0.15, 0.2) is 35.0 Å². The predicted molar refractivity (Wildman–Crippen MR) is 90.9 cm³/mol. The number of esters is 1. The molecule has 1 heterocycles. The maximum absolute atomic E-state index is 12.8. The smallest absolute Gasteiger partial charge is 0.340 e. The summed E-state index contributed by atoms with van der Waals surface area (Å²) in [6.07, 6.45) is 1.46. The number of methoxy groups -OCH3 is 3. The van der Waals surface area contributed by atoms with E-state index in [9.17, 15) is 14.7 Å². The molecule has 0 unspecified atom stereocenters. The number of rotatable bonds is 6. The Hall–Kier alpha value is -2.80. The van der Waals surface area contributed by atoms with E-state index in [1.54, 1.807) is 25.1 Å². The number of ether oxygens (including phenoxy) is 3. The molecule has 0 radical (unpaired) electrons. The Morgan fingerprint density at radius 2 is 2.00 bits per heavy atom. The number of nitrogens with zero attached hydrogens (tertiary/aromatic N) is 1. The Bertz CT molecular complexity index is 750. The first-order valence-corrected chi connectivity index (χ1v) is 7.64. The molecule has 1 aromatic carbocycles. The van der Waals surface area contributed by atoms with Crippen molar-refractivity contribution in [2.24, 2.45) is 0 Å². The van der Waals surface area contributed by atoms with Gasteiger partial charge < -0.3 is 24.2 Å². The molecule has 2 rings (SSSR count). The zero-order chi connectivity index (χ0) is 18.6. The number of hydrogen-bond acceptors (Lipinski definition) is 6. The summed E-state index contributed by atoms with van der Waals surface area (Å²) in [4.78, 5) is 26.4. The Balaban J connectivity index is 2.54. The first-order valence-electron chi connectivity index (χ1n) is 7.64. The number of amides is 1. The summed E-state index contributed by atoms with van der Waals surface area (Å²) in [6.45, 7) is 2.31. The van der Waals surface area contributed by atoms with Gasteiger partial charge in [0.25, 0.3) is 5.91 Å². The van der Waals surface area contributed by atoms with Crippen LogP contribution >= 0.6 is 0 Å². The van der Waals surface area contributed by atoms with Gasteiger partial charge in [-0.15, -0.1) is 0 Å². The summed E-state index contributed by atoms with van der Waals surface area (Å²) in [5.74, 6) is -0.796. The Morgan fingerprint density at radius 1 is 1.28 bits per heavy atom. The van der Waals surface area contributed by atoms with E-state index in [0.29, 0.717) is 24.4 Å². The van der Waals surface area contributed by atoms with Crippen LogP contribution in [0.5, 0.6) is 11.5 Å². The lowest BCUT2D eigenvalue weighted by Gasteiger charge is -2.16. The molecule has 7 nitrogen and oxygen atoms in total. The fraction of sp³-hybridized carbons (Fsp3) is 0.333. The second kappa shape index (κ2) is 7.85. The molecular weight excluding hydrogens is 326 g/mol. The molecule has 0 fully saturated rings. The topological polar surface area (TPSA) is 85.3 Å². The standard InChI is InChI=1S/C18H21NO6/c1-11-15(18(22)25-4)13(17(21)19(11)8-9-23-2)10-12-6-5-7-14(24-3)16(12)20/h5-7,10,20H,8-9H2,1-4H3/b13-10+. The van der Waals surface area contributed by atoms with Crippen molar-refractivity contribution in [3.05, 3.63) is 40.6 Å². The van der Waals surface area contributed by atoms with Crippen LogP contribution in [0.4, 0.5) is 0 Å². The minimum absolute atomic E-state index is 0.109. The van der Waals surface area contributed by atoms with E-state index in [4.69, 9.17) is 14.2 Å². The molecule has 25 heavy (non-hydrogen) atoms. The molecule has 0 aromatic heterocycles. The number of phenols is 1. The van der Waals surface area contributed by atoms with E-state index in [1.807, 2.05) is 0 Å². The highest BCUT2D eigenvalue weighted by molar-refractivity contribution is 6.16. The van der Waals surface area contributed by atoms with E-state index < -0.39 is 5.97 Å². The maximum Gasteiger partial charge on any atom is 0.340 e. The van der Waals surface area contributed by atoms with Crippen molar-refractivity contribution in [1.82, 2.24) is 4.90 Å². The fourth-order valence-electron chi connectivity index (χ4n) is 2.66. The quantitative estimate of drug-likeness (QED) is 0.623. The zero-order valence-electron chi connectivity index (χ0n) is 14.7. The van der Waals surface area contributed by atoms with Crippen LogP contribution in [0.25, 0.3) is 6.08 Å². The molecule has 0 aliphatic carbocycles. The Labute approximate surface area is 146 Å². The highest BCUT2D eigenvalue weighted by atomic mass is 16.5. The number of carbonyl (C=O) groups excluding carboxylic acids is 2. The van der Waals surface area contributed by atoms with Gasteiger partial charge in [0.2, 0.25) is 0 Å². The van der Waals surface area contributed by atoms with Gasteiger partial charge in [-0.3, -0.25) is 4.79 Å². The Morgan fingerprint density at radius 3 is 2.60 bits per heavy atom. The van der Waals surface area contributed by atoms with E-state index in [1.165, 1.54) is 32.3 Å². The minimum Gasteiger partial charge on any atom is -0.504 e. The van der Waals surface area contributed by atoms with E-state index >= 15 is 0 Å². The van der Waals surface area contributed by atoms with Gasteiger partial charge in [0.1, 0.15) is 0 Å². The number of para-hydroxylation sites is 1. The van der Waals surface area contributed by atoms with Crippen LogP contribution in [-0.2, 0) is 19.1 Å². The third-order valence-corrected chi connectivity index (χ3v) is 3.97. The van der Waals surface area contributed by atoms with Gasteiger partial charge >= 0.3 is 5.97 Å². The number of benzene rings is 1. The Kier molecular flexibility index (Phi) is 5.82. The lowest BCUT2D eigenvalue weighted by Crippen LogP contribution is -2.28. The van der Waals surface area contributed by atoms with E-state index in [2.05, 4.69) is 0 Å². The summed E-state index contributed by atoms with van der Waals surface area (Å²) in [5.41, 5.74) is 1.18. The predicted octanol–water partition coefficient (Wildman–Crippen LogP) is 1.72. The van der Waals surface area contributed by atoms with Gasteiger partial charge in [-0.05, 0) is 19.1 Å². The first kappa shape index (κ1) is 18.5.